The molecule has 0 aromatic carbocycles. The summed E-state index contributed by atoms with van der Waals surface area (Å²) in [6, 6.07) is 1.54. The van der Waals surface area contributed by atoms with Crippen molar-refractivity contribution in [3.63, 3.8) is 0 Å². The second-order valence-corrected chi connectivity index (χ2v) is 2.88. The van der Waals surface area contributed by atoms with Crippen LogP contribution in [0.5, 0.6) is 0 Å². The van der Waals surface area contributed by atoms with Crippen LogP contribution < -0.4 is 5.32 Å². The van der Waals surface area contributed by atoms with Gasteiger partial charge in [0.25, 0.3) is 5.91 Å². The first-order chi connectivity index (χ1) is 6.09. The number of rotatable bonds is 3. The van der Waals surface area contributed by atoms with Crippen molar-refractivity contribution in [1.29, 1.82) is 0 Å². The standard InChI is InChI=1S/C8H12N2O3/c1-5(11)4-9-8(12)7-3-6(2)13-10-7/h3,5,11H,4H2,1-2H3,(H,9,12)/t5-/m0/s1. The molecule has 1 amide bonds. The van der Waals surface area contributed by atoms with Gasteiger partial charge in [0.2, 0.25) is 0 Å². The molecule has 72 valence electrons. The number of aliphatic hydroxyl groups is 1. The predicted molar refractivity (Wildman–Crippen MR) is 45.3 cm³/mol. The topological polar surface area (TPSA) is 75.4 Å². The van der Waals surface area contributed by atoms with E-state index >= 15 is 0 Å². The van der Waals surface area contributed by atoms with Gasteiger partial charge < -0.3 is 14.9 Å². The summed E-state index contributed by atoms with van der Waals surface area (Å²) in [7, 11) is 0. The summed E-state index contributed by atoms with van der Waals surface area (Å²) in [6.45, 7) is 3.51. The minimum absolute atomic E-state index is 0.213. The SMILES string of the molecule is Cc1cc(C(=O)NC[C@H](C)O)no1. The Morgan fingerprint density at radius 2 is 2.54 bits per heavy atom. The number of aryl methyl sites for hydroxylation is 1. The molecule has 5 heteroatoms. The maximum atomic E-state index is 11.2. The lowest BCUT2D eigenvalue weighted by Gasteiger charge is -2.03. The zero-order valence-electron chi connectivity index (χ0n) is 7.57. The van der Waals surface area contributed by atoms with Crippen LogP contribution in [0.25, 0.3) is 0 Å². The van der Waals surface area contributed by atoms with Gasteiger partial charge in [0, 0.05) is 12.6 Å². The normalized spacial score (nSPS) is 12.5. The molecule has 0 fully saturated rings. The summed E-state index contributed by atoms with van der Waals surface area (Å²) in [4.78, 5) is 11.2. The average molecular weight is 184 g/mol. The Kier molecular flexibility index (Phi) is 3.02. The van der Waals surface area contributed by atoms with Crippen molar-refractivity contribution >= 4 is 5.91 Å². The van der Waals surface area contributed by atoms with E-state index in [1.165, 1.54) is 6.07 Å². The summed E-state index contributed by atoms with van der Waals surface area (Å²) in [5.74, 6) is 0.250. The number of aromatic nitrogens is 1. The fraction of sp³-hybridized carbons (Fsp3) is 0.500. The van der Waals surface area contributed by atoms with Crippen LogP contribution in [0.3, 0.4) is 0 Å². The fourth-order valence-corrected chi connectivity index (χ4v) is 0.804. The van der Waals surface area contributed by atoms with Crippen LogP contribution in [-0.4, -0.2) is 28.8 Å². The van der Waals surface area contributed by atoms with Gasteiger partial charge in [0.1, 0.15) is 5.76 Å². The van der Waals surface area contributed by atoms with Gasteiger partial charge in [-0.05, 0) is 13.8 Å². The van der Waals surface area contributed by atoms with E-state index in [4.69, 9.17) is 9.63 Å². The van der Waals surface area contributed by atoms with Gasteiger partial charge in [0.15, 0.2) is 5.69 Å². The number of hydrogen-bond donors (Lipinski definition) is 2. The highest BCUT2D eigenvalue weighted by molar-refractivity contribution is 5.92. The van der Waals surface area contributed by atoms with Gasteiger partial charge in [-0.25, -0.2) is 0 Å². The van der Waals surface area contributed by atoms with Crippen molar-refractivity contribution in [2.24, 2.45) is 0 Å². The molecule has 1 heterocycles. The molecular formula is C8H12N2O3. The molecule has 0 unspecified atom stereocenters. The molecule has 2 N–H and O–H groups in total. The smallest absolute Gasteiger partial charge is 0.273 e. The zero-order chi connectivity index (χ0) is 9.84. The third kappa shape index (κ3) is 2.87. The molecule has 1 rings (SSSR count). The maximum Gasteiger partial charge on any atom is 0.273 e. The molecule has 0 aliphatic carbocycles. The Bertz CT molecular complexity index is 293. The van der Waals surface area contributed by atoms with Gasteiger partial charge in [-0.2, -0.15) is 0 Å². The molecular weight excluding hydrogens is 172 g/mol. The van der Waals surface area contributed by atoms with Crippen molar-refractivity contribution in [2.45, 2.75) is 20.0 Å². The summed E-state index contributed by atoms with van der Waals surface area (Å²) in [6.07, 6.45) is -0.558. The highest BCUT2D eigenvalue weighted by atomic mass is 16.5. The van der Waals surface area contributed by atoms with Crippen LogP contribution in [0.15, 0.2) is 10.6 Å². The Morgan fingerprint density at radius 3 is 3.00 bits per heavy atom. The Balaban J connectivity index is 2.49. The molecule has 1 atom stereocenters. The molecule has 13 heavy (non-hydrogen) atoms. The van der Waals surface area contributed by atoms with E-state index in [2.05, 4.69) is 10.5 Å². The monoisotopic (exact) mass is 184 g/mol. The van der Waals surface area contributed by atoms with E-state index in [1.807, 2.05) is 0 Å². The maximum absolute atomic E-state index is 11.2. The van der Waals surface area contributed by atoms with Crippen molar-refractivity contribution < 1.29 is 14.4 Å². The minimum atomic E-state index is -0.558. The third-order valence-electron chi connectivity index (χ3n) is 1.42. The quantitative estimate of drug-likeness (QED) is 0.698. The first-order valence-corrected chi connectivity index (χ1v) is 3.99. The van der Waals surface area contributed by atoms with Crippen LogP contribution in [0.2, 0.25) is 0 Å². The second kappa shape index (κ2) is 4.04. The molecule has 1 aromatic rings. The number of carbonyl (C=O) groups is 1. The number of hydrogen-bond acceptors (Lipinski definition) is 4. The predicted octanol–water partition coefficient (Wildman–Crippen LogP) is 0.0936. The van der Waals surface area contributed by atoms with Crippen molar-refractivity contribution in [1.82, 2.24) is 10.5 Å². The molecule has 0 radical (unpaired) electrons. The van der Waals surface area contributed by atoms with Crippen molar-refractivity contribution in [3.8, 4) is 0 Å². The molecule has 0 aliphatic heterocycles. The highest BCUT2D eigenvalue weighted by Gasteiger charge is 2.10. The highest BCUT2D eigenvalue weighted by Crippen LogP contribution is 2.00. The lowest BCUT2D eigenvalue weighted by Crippen LogP contribution is -2.30. The van der Waals surface area contributed by atoms with Gasteiger partial charge in [-0.15, -0.1) is 0 Å². The summed E-state index contributed by atoms with van der Waals surface area (Å²) >= 11 is 0. The number of nitrogens with one attached hydrogen (secondary N) is 1. The van der Waals surface area contributed by atoms with Crippen molar-refractivity contribution in [3.05, 3.63) is 17.5 Å². The molecule has 0 spiro atoms. The summed E-state index contributed by atoms with van der Waals surface area (Å²) < 4.78 is 4.72. The van der Waals surface area contributed by atoms with Crippen LogP contribution in [0, 0.1) is 6.92 Å². The number of amides is 1. The van der Waals surface area contributed by atoms with Crippen LogP contribution in [0.1, 0.15) is 23.2 Å². The molecule has 5 nitrogen and oxygen atoms in total. The van der Waals surface area contributed by atoms with E-state index in [1.54, 1.807) is 13.8 Å². The Hall–Kier alpha value is -1.36. The molecule has 0 saturated heterocycles. The third-order valence-corrected chi connectivity index (χ3v) is 1.42. The van der Waals surface area contributed by atoms with E-state index in [0.717, 1.165) is 0 Å². The van der Waals surface area contributed by atoms with Gasteiger partial charge in [-0.3, -0.25) is 4.79 Å². The fourth-order valence-electron chi connectivity index (χ4n) is 0.804. The minimum Gasteiger partial charge on any atom is -0.392 e. The number of carbonyl (C=O) groups excluding carboxylic acids is 1. The first kappa shape index (κ1) is 9.73. The average Bonchev–Trinajstić information content (AvgIpc) is 2.47. The largest absolute Gasteiger partial charge is 0.392 e. The Morgan fingerprint density at radius 1 is 1.85 bits per heavy atom. The van der Waals surface area contributed by atoms with Gasteiger partial charge >= 0.3 is 0 Å². The van der Waals surface area contributed by atoms with E-state index in [0.29, 0.717) is 5.76 Å². The van der Waals surface area contributed by atoms with Crippen LogP contribution >= 0.6 is 0 Å². The molecule has 0 bridgehead atoms. The Labute approximate surface area is 75.7 Å². The van der Waals surface area contributed by atoms with E-state index in [9.17, 15) is 4.79 Å². The number of aliphatic hydroxyl groups excluding tert-OH is 1. The van der Waals surface area contributed by atoms with Gasteiger partial charge in [-0.1, -0.05) is 5.16 Å². The summed E-state index contributed by atoms with van der Waals surface area (Å²) in [5.41, 5.74) is 0.234. The second-order valence-electron chi connectivity index (χ2n) is 2.88. The molecule has 0 aliphatic rings. The number of nitrogens with zero attached hydrogens (tertiary/aromatic N) is 1. The first-order valence-electron chi connectivity index (χ1n) is 3.99. The lowest BCUT2D eigenvalue weighted by molar-refractivity contribution is 0.0915. The van der Waals surface area contributed by atoms with E-state index in [-0.39, 0.29) is 18.1 Å². The molecule has 0 saturated carbocycles. The lowest BCUT2D eigenvalue weighted by atomic mass is 10.3. The summed E-state index contributed by atoms with van der Waals surface area (Å²) in [5, 5.41) is 14.9. The van der Waals surface area contributed by atoms with Crippen molar-refractivity contribution in [2.75, 3.05) is 6.54 Å². The van der Waals surface area contributed by atoms with Gasteiger partial charge in [0.05, 0.1) is 6.10 Å². The van der Waals surface area contributed by atoms with E-state index < -0.39 is 6.10 Å². The zero-order valence-corrected chi connectivity index (χ0v) is 7.57. The molecule has 1 aromatic heterocycles. The van der Waals surface area contributed by atoms with Crippen LogP contribution in [-0.2, 0) is 0 Å². The van der Waals surface area contributed by atoms with Crippen LogP contribution in [0.4, 0.5) is 0 Å².